The van der Waals surface area contributed by atoms with E-state index in [9.17, 15) is 4.79 Å². The first-order chi connectivity index (χ1) is 12.1. The van der Waals surface area contributed by atoms with Gasteiger partial charge in [-0.1, -0.05) is 32.0 Å². The molecule has 2 unspecified atom stereocenters. The molecule has 3 rings (SSSR count). The van der Waals surface area contributed by atoms with Crippen molar-refractivity contribution >= 4 is 23.4 Å². The van der Waals surface area contributed by atoms with Crippen LogP contribution in [0.4, 0.5) is 5.69 Å². The molecule has 0 radical (unpaired) electrons. The molecule has 1 heterocycles. The van der Waals surface area contributed by atoms with E-state index in [4.69, 9.17) is 4.74 Å². The predicted molar refractivity (Wildman–Crippen MR) is 105 cm³/mol. The lowest BCUT2D eigenvalue weighted by Gasteiger charge is -2.24. The minimum absolute atomic E-state index is 0.0277. The molecule has 0 aliphatic carbocycles. The number of rotatable bonds is 5. The van der Waals surface area contributed by atoms with E-state index < -0.39 is 0 Å². The first-order valence-corrected chi connectivity index (χ1v) is 9.73. The van der Waals surface area contributed by atoms with Crippen LogP contribution in [0.15, 0.2) is 47.4 Å². The maximum absolute atomic E-state index is 12.6. The lowest BCUT2D eigenvalue weighted by molar-refractivity contribution is -0.121. The highest BCUT2D eigenvalue weighted by atomic mass is 32.2. The molecule has 1 amide bonds. The van der Waals surface area contributed by atoms with Crippen molar-refractivity contribution < 1.29 is 9.53 Å². The van der Waals surface area contributed by atoms with Gasteiger partial charge in [0.05, 0.1) is 5.92 Å². The number of para-hydroxylation sites is 1. The molecule has 0 saturated heterocycles. The summed E-state index contributed by atoms with van der Waals surface area (Å²) in [6.45, 7) is 6.91. The Morgan fingerprint density at radius 2 is 2.12 bits per heavy atom. The first-order valence-electron chi connectivity index (χ1n) is 8.85. The first kappa shape index (κ1) is 17.9. The molecule has 0 spiro atoms. The average Bonchev–Trinajstić information content (AvgIpc) is 2.63. The van der Waals surface area contributed by atoms with Gasteiger partial charge in [-0.15, -0.1) is 11.8 Å². The molecule has 3 nitrogen and oxygen atoms in total. The third-order valence-electron chi connectivity index (χ3n) is 4.62. The van der Waals surface area contributed by atoms with Gasteiger partial charge in [0, 0.05) is 15.8 Å². The van der Waals surface area contributed by atoms with Crippen LogP contribution in [-0.4, -0.2) is 17.8 Å². The zero-order valence-electron chi connectivity index (χ0n) is 15.0. The fourth-order valence-electron chi connectivity index (χ4n) is 2.90. The SMILES string of the molecule is CCC(C)Sc1ccc(NC(=O)C2COc3ccccc3C2)c(C)c1. The lowest BCUT2D eigenvalue weighted by Crippen LogP contribution is -2.32. The summed E-state index contributed by atoms with van der Waals surface area (Å²) in [4.78, 5) is 13.9. The highest BCUT2D eigenvalue weighted by Gasteiger charge is 2.26. The smallest absolute Gasteiger partial charge is 0.231 e. The number of aryl methyl sites for hydroxylation is 1. The largest absolute Gasteiger partial charge is 0.492 e. The van der Waals surface area contributed by atoms with Crippen LogP contribution >= 0.6 is 11.8 Å². The molecule has 2 aromatic carbocycles. The predicted octanol–water partition coefficient (Wildman–Crippen LogP) is 5.08. The Morgan fingerprint density at radius 3 is 2.88 bits per heavy atom. The van der Waals surface area contributed by atoms with Crippen LogP contribution in [0.5, 0.6) is 5.75 Å². The van der Waals surface area contributed by atoms with Crippen LogP contribution in [0.1, 0.15) is 31.4 Å². The Morgan fingerprint density at radius 1 is 1.32 bits per heavy atom. The molecule has 1 N–H and O–H groups in total. The quantitative estimate of drug-likeness (QED) is 0.761. The topological polar surface area (TPSA) is 38.3 Å². The molecule has 132 valence electrons. The highest BCUT2D eigenvalue weighted by Crippen LogP contribution is 2.30. The van der Waals surface area contributed by atoms with Gasteiger partial charge in [0.15, 0.2) is 0 Å². The molecule has 2 aromatic rings. The van der Waals surface area contributed by atoms with E-state index in [0.717, 1.165) is 35.4 Å². The van der Waals surface area contributed by atoms with E-state index >= 15 is 0 Å². The Labute approximate surface area is 154 Å². The lowest BCUT2D eigenvalue weighted by atomic mass is 9.96. The molecule has 0 aromatic heterocycles. The zero-order chi connectivity index (χ0) is 17.8. The van der Waals surface area contributed by atoms with Crippen molar-refractivity contribution in [2.45, 2.75) is 43.8 Å². The van der Waals surface area contributed by atoms with Crippen LogP contribution in [0.2, 0.25) is 0 Å². The number of amides is 1. The van der Waals surface area contributed by atoms with Gasteiger partial charge in [-0.3, -0.25) is 4.79 Å². The van der Waals surface area contributed by atoms with Crippen molar-refractivity contribution in [3.05, 3.63) is 53.6 Å². The van der Waals surface area contributed by atoms with Crippen molar-refractivity contribution in [2.24, 2.45) is 5.92 Å². The molecular formula is C21H25NO2S. The summed E-state index contributed by atoms with van der Waals surface area (Å²) in [6.07, 6.45) is 1.87. The standard InChI is InChI=1S/C21H25NO2S/c1-4-15(3)25-18-9-10-19(14(2)11-18)22-21(23)17-12-16-7-5-6-8-20(16)24-13-17/h5-11,15,17H,4,12-13H2,1-3H3,(H,22,23). The summed E-state index contributed by atoms with van der Waals surface area (Å²) >= 11 is 1.87. The van der Waals surface area contributed by atoms with Crippen LogP contribution in [-0.2, 0) is 11.2 Å². The maximum Gasteiger partial charge on any atom is 0.231 e. The van der Waals surface area contributed by atoms with Gasteiger partial charge in [-0.25, -0.2) is 0 Å². The van der Waals surface area contributed by atoms with Crippen LogP contribution in [0, 0.1) is 12.8 Å². The molecule has 4 heteroatoms. The third kappa shape index (κ3) is 4.37. The van der Waals surface area contributed by atoms with Gasteiger partial charge in [-0.2, -0.15) is 0 Å². The second-order valence-electron chi connectivity index (χ2n) is 6.62. The Hall–Kier alpha value is -1.94. The summed E-state index contributed by atoms with van der Waals surface area (Å²) < 4.78 is 5.74. The molecule has 0 bridgehead atoms. The zero-order valence-corrected chi connectivity index (χ0v) is 15.9. The van der Waals surface area contributed by atoms with Crippen LogP contribution < -0.4 is 10.1 Å². The molecule has 1 aliphatic rings. The van der Waals surface area contributed by atoms with E-state index in [1.54, 1.807) is 0 Å². The van der Waals surface area contributed by atoms with Crippen molar-refractivity contribution in [1.29, 1.82) is 0 Å². The van der Waals surface area contributed by atoms with Crippen LogP contribution in [0.25, 0.3) is 0 Å². The molecule has 0 fully saturated rings. The summed E-state index contributed by atoms with van der Waals surface area (Å²) in [5.74, 6) is 0.776. The van der Waals surface area contributed by atoms with Gasteiger partial charge in [0.2, 0.25) is 5.91 Å². The number of carbonyl (C=O) groups is 1. The van der Waals surface area contributed by atoms with E-state index in [2.05, 4.69) is 31.3 Å². The summed E-state index contributed by atoms with van der Waals surface area (Å²) in [6, 6.07) is 14.2. The van der Waals surface area contributed by atoms with Crippen molar-refractivity contribution in [3.8, 4) is 5.75 Å². The molecule has 25 heavy (non-hydrogen) atoms. The number of anilines is 1. The fourth-order valence-corrected chi connectivity index (χ4v) is 3.92. The number of hydrogen-bond acceptors (Lipinski definition) is 3. The average molecular weight is 356 g/mol. The van der Waals surface area contributed by atoms with Crippen molar-refractivity contribution in [2.75, 3.05) is 11.9 Å². The van der Waals surface area contributed by atoms with Gasteiger partial charge in [-0.05, 0) is 55.2 Å². The van der Waals surface area contributed by atoms with Crippen molar-refractivity contribution in [3.63, 3.8) is 0 Å². The summed E-state index contributed by atoms with van der Waals surface area (Å²) in [5.41, 5.74) is 3.09. The molecular weight excluding hydrogens is 330 g/mol. The molecule has 1 aliphatic heterocycles. The number of ether oxygens (including phenoxy) is 1. The second kappa shape index (κ2) is 7.96. The maximum atomic E-state index is 12.6. The van der Waals surface area contributed by atoms with E-state index in [-0.39, 0.29) is 11.8 Å². The normalized spacial score (nSPS) is 17.3. The minimum atomic E-state index is -0.150. The monoisotopic (exact) mass is 355 g/mol. The number of benzene rings is 2. The van der Waals surface area contributed by atoms with Gasteiger partial charge < -0.3 is 10.1 Å². The number of carbonyl (C=O) groups excluding carboxylic acids is 1. The number of fused-ring (bicyclic) bond motifs is 1. The van der Waals surface area contributed by atoms with Gasteiger partial charge in [0.1, 0.15) is 12.4 Å². The second-order valence-corrected chi connectivity index (χ2v) is 8.13. The number of nitrogens with one attached hydrogen (secondary N) is 1. The molecule has 2 atom stereocenters. The van der Waals surface area contributed by atoms with Crippen molar-refractivity contribution in [1.82, 2.24) is 0 Å². The Bertz CT molecular complexity index is 759. The van der Waals surface area contributed by atoms with E-state index in [1.807, 2.05) is 49.0 Å². The Balaban J connectivity index is 1.65. The summed E-state index contributed by atoms with van der Waals surface area (Å²) in [5, 5.41) is 3.67. The van der Waals surface area contributed by atoms with Gasteiger partial charge >= 0.3 is 0 Å². The van der Waals surface area contributed by atoms with Crippen LogP contribution in [0.3, 0.4) is 0 Å². The van der Waals surface area contributed by atoms with Gasteiger partial charge in [0.25, 0.3) is 0 Å². The number of thioether (sulfide) groups is 1. The van der Waals surface area contributed by atoms with E-state index in [1.165, 1.54) is 4.90 Å². The highest BCUT2D eigenvalue weighted by molar-refractivity contribution is 7.99. The third-order valence-corrected chi connectivity index (χ3v) is 5.88. The molecule has 0 saturated carbocycles. The minimum Gasteiger partial charge on any atom is -0.492 e. The fraction of sp³-hybridized carbons (Fsp3) is 0.381. The van der Waals surface area contributed by atoms with E-state index in [0.29, 0.717) is 11.9 Å². The Kier molecular flexibility index (Phi) is 5.69. The number of hydrogen-bond donors (Lipinski definition) is 1. The summed E-state index contributed by atoms with van der Waals surface area (Å²) in [7, 11) is 0.